The molecule has 0 saturated heterocycles. The number of carbonyl (C=O) groups excluding carboxylic acids is 1. The van der Waals surface area contributed by atoms with Crippen molar-refractivity contribution >= 4 is 29.2 Å². The zero-order chi connectivity index (χ0) is 23.5. The predicted octanol–water partition coefficient (Wildman–Crippen LogP) is 3.14. The summed E-state index contributed by atoms with van der Waals surface area (Å²) in [5, 5.41) is 3.18. The number of thiazole rings is 1. The molecule has 4 rings (SSSR count). The number of methoxy groups -OCH3 is 1. The van der Waals surface area contributed by atoms with Crippen molar-refractivity contribution in [3.63, 3.8) is 0 Å². The van der Waals surface area contributed by atoms with Crippen LogP contribution in [0.15, 0.2) is 69.6 Å². The fraction of sp³-hybridized carbons (Fsp3) is 0.240. The van der Waals surface area contributed by atoms with Crippen LogP contribution in [0.2, 0.25) is 0 Å². The lowest BCUT2D eigenvalue weighted by atomic mass is 9.96. The first-order valence-corrected chi connectivity index (χ1v) is 11.4. The average molecular weight is 464 g/mol. The standard InChI is InChI=1S/C25H25N3O4S/c1-5-32-24(30)21-16(3)27-25-28(22(21)17-8-12-19(31-4)13-9-17)23(29)20(33-25)14-26-18-10-6-15(2)7-11-18/h6-14,22,26H,5H2,1-4H3/b20-14-/t22-/m0/s1. The first-order valence-electron chi connectivity index (χ1n) is 10.6. The Bertz CT molecular complexity index is 1380. The molecule has 170 valence electrons. The number of fused-ring (bicyclic) bond motifs is 1. The molecule has 2 aromatic carbocycles. The van der Waals surface area contributed by atoms with E-state index in [1.54, 1.807) is 31.7 Å². The van der Waals surface area contributed by atoms with Gasteiger partial charge in [0.1, 0.15) is 10.3 Å². The zero-order valence-corrected chi connectivity index (χ0v) is 19.7. The van der Waals surface area contributed by atoms with E-state index < -0.39 is 12.0 Å². The molecule has 0 fully saturated rings. The summed E-state index contributed by atoms with van der Waals surface area (Å²) < 4.78 is 12.6. The second kappa shape index (κ2) is 9.46. The first-order chi connectivity index (χ1) is 15.9. The molecule has 2 heterocycles. The van der Waals surface area contributed by atoms with Gasteiger partial charge in [-0.25, -0.2) is 9.79 Å². The van der Waals surface area contributed by atoms with E-state index in [-0.39, 0.29) is 12.2 Å². The van der Waals surface area contributed by atoms with E-state index in [0.29, 0.717) is 26.4 Å². The maximum atomic E-state index is 13.5. The van der Waals surface area contributed by atoms with Gasteiger partial charge < -0.3 is 14.8 Å². The Balaban J connectivity index is 1.84. The normalized spacial score (nSPS) is 15.6. The number of aromatic nitrogens is 1. The first kappa shape index (κ1) is 22.5. The zero-order valence-electron chi connectivity index (χ0n) is 18.9. The minimum absolute atomic E-state index is 0.228. The second-order valence-electron chi connectivity index (χ2n) is 7.59. The Kier molecular flexibility index (Phi) is 6.46. The Labute approximate surface area is 195 Å². The molecule has 8 heteroatoms. The molecule has 0 saturated carbocycles. The van der Waals surface area contributed by atoms with Crippen molar-refractivity contribution in [2.24, 2.45) is 4.99 Å². The lowest BCUT2D eigenvalue weighted by Gasteiger charge is -2.24. The molecular formula is C25H25N3O4S. The average Bonchev–Trinajstić information content (AvgIpc) is 3.12. The molecule has 1 atom stereocenters. The van der Waals surface area contributed by atoms with Crippen LogP contribution in [0.4, 0.5) is 5.69 Å². The highest BCUT2D eigenvalue weighted by Gasteiger charge is 2.33. The van der Waals surface area contributed by atoms with Crippen LogP contribution in [0.25, 0.3) is 6.20 Å². The quantitative estimate of drug-likeness (QED) is 0.568. The van der Waals surface area contributed by atoms with Gasteiger partial charge in [-0.05, 0) is 50.6 Å². The number of ether oxygens (including phenoxy) is 2. The van der Waals surface area contributed by atoms with Crippen molar-refractivity contribution in [1.82, 2.24) is 4.57 Å². The van der Waals surface area contributed by atoms with E-state index in [9.17, 15) is 9.59 Å². The number of benzene rings is 2. The molecule has 0 radical (unpaired) electrons. The highest BCUT2D eigenvalue weighted by Crippen LogP contribution is 2.31. The highest BCUT2D eigenvalue weighted by atomic mass is 32.1. The number of hydrogen-bond acceptors (Lipinski definition) is 7. The van der Waals surface area contributed by atoms with Crippen LogP contribution in [0.3, 0.4) is 0 Å². The van der Waals surface area contributed by atoms with Crippen molar-refractivity contribution in [3.05, 3.63) is 90.6 Å². The third kappa shape index (κ3) is 4.47. The van der Waals surface area contributed by atoms with Gasteiger partial charge in [0, 0.05) is 11.9 Å². The third-order valence-electron chi connectivity index (χ3n) is 5.37. The number of hydrogen-bond donors (Lipinski definition) is 1. The van der Waals surface area contributed by atoms with Crippen LogP contribution in [0.5, 0.6) is 5.75 Å². The van der Waals surface area contributed by atoms with Gasteiger partial charge in [0.25, 0.3) is 5.56 Å². The maximum Gasteiger partial charge on any atom is 0.338 e. The summed E-state index contributed by atoms with van der Waals surface area (Å²) in [6.45, 7) is 5.77. The van der Waals surface area contributed by atoms with Crippen molar-refractivity contribution in [2.45, 2.75) is 26.8 Å². The third-order valence-corrected chi connectivity index (χ3v) is 6.35. The van der Waals surface area contributed by atoms with Gasteiger partial charge in [-0.15, -0.1) is 0 Å². The van der Waals surface area contributed by atoms with Gasteiger partial charge in [0.2, 0.25) is 0 Å². The number of allylic oxidation sites excluding steroid dienone is 1. The second-order valence-corrected chi connectivity index (χ2v) is 8.59. The topological polar surface area (TPSA) is 81.9 Å². The molecule has 1 N–H and O–H groups in total. The monoisotopic (exact) mass is 463 g/mol. The summed E-state index contributed by atoms with van der Waals surface area (Å²) in [5.74, 6) is 0.207. The van der Waals surface area contributed by atoms with Gasteiger partial charge in [0.15, 0.2) is 4.80 Å². The van der Waals surface area contributed by atoms with E-state index in [1.165, 1.54) is 11.3 Å². The molecular weight excluding hydrogens is 438 g/mol. The largest absolute Gasteiger partial charge is 0.497 e. The summed E-state index contributed by atoms with van der Waals surface area (Å²) >= 11 is 1.28. The fourth-order valence-electron chi connectivity index (χ4n) is 3.69. The summed E-state index contributed by atoms with van der Waals surface area (Å²) in [6.07, 6.45) is 1.68. The number of nitrogens with zero attached hydrogens (tertiary/aromatic N) is 2. The molecule has 0 unspecified atom stereocenters. The fourth-order valence-corrected chi connectivity index (χ4v) is 4.66. The number of nitrogens with one attached hydrogen (secondary N) is 1. The van der Waals surface area contributed by atoms with Crippen LogP contribution in [-0.4, -0.2) is 24.3 Å². The van der Waals surface area contributed by atoms with Gasteiger partial charge in [0.05, 0.1) is 31.0 Å². The molecule has 1 aliphatic heterocycles. The SMILES string of the molecule is CCOC(=O)C1=C(C)N=c2s/c(=C\Nc3ccc(C)cc3)c(=O)n2[C@H]1c1ccc(OC)cc1. The Morgan fingerprint density at radius 2 is 1.85 bits per heavy atom. The Morgan fingerprint density at radius 1 is 1.15 bits per heavy atom. The smallest absolute Gasteiger partial charge is 0.338 e. The lowest BCUT2D eigenvalue weighted by molar-refractivity contribution is -0.139. The van der Waals surface area contributed by atoms with Crippen LogP contribution >= 0.6 is 11.3 Å². The lowest BCUT2D eigenvalue weighted by Crippen LogP contribution is -2.40. The van der Waals surface area contributed by atoms with E-state index in [2.05, 4.69) is 10.3 Å². The molecule has 1 aliphatic rings. The van der Waals surface area contributed by atoms with E-state index in [0.717, 1.165) is 16.8 Å². The molecule has 7 nitrogen and oxygen atoms in total. The van der Waals surface area contributed by atoms with Gasteiger partial charge in [-0.1, -0.05) is 41.2 Å². The van der Waals surface area contributed by atoms with Crippen molar-refractivity contribution in [1.29, 1.82) is 0 Å². The molecule has 0 aliphatic carbocycles. The number of rotatable bonds is 6. The van der Waals surface area contributed by atoms with Crippen molar-refractivity contribution < 1.29 is 14.3 Å². The summed E-state index contributed by atoms with van der Waals surface area (Å²) in [7, 11) is 1.59. The summed E-state index contributed by atoms with van der Waals surface area (Å²) in [5.41, 5.74) is 3.46. The van der Waals surface area contributed by atoms with Crippen LogP contribution in [-0.2, 0) is 9.53 Å². The number of aryl methyl sites for hydroxylation is 1. The molecule has 33 heavy (non-hydrogen) atoms. The van der Waals surface area contributed by atoms with Crippen molar-refractivity contribution in [3.8, 4) is 5.75 Å². The van der Waals surface area contributed by atoms with E-state index in [1.807, 2.05) is 55.5 Å². The number of esters is 1. The molecule has 0 amide bonds. The molecule has 0 spiro atoms. The predicted molar refractivity (Wildman–Crippen MR) is 129 cm³/mol. The minimum atomic E-state index is -0.646. The highest BCUT2D eigenvalue weighted by molar-refractivity contribution is 7.07. The number of carbonyl (C=O) groups is 1. The van der Waals surface area contributed by atoms with Crippen LogP contribution in [0.1, 0.15) is 31.0 Å². The molecule has 0 bridgehead atoms. The Hall–Kier alpha value is -3.65. The van der Waals surface area contributed by atoms with E-state index >= 15 is 0 Å². The van der Waals surface area contributed by atoms with Gasteiger partial charge in [-0.3, -0.25) is 9.36 Å². The van der Waals surface area contributed by atoms with Crippen molar-refractivity contribution in [2.75, 3.05) is 19.0 Å². The number of anilines is 1. The summed E-state index contributed by atoms with van der Waals surface area (Å²) in [6, 6.07) is 14.6. The molecule has 1 aromatic heterocycles. The maximum absolute atomic E-state index is 13.5. The van der Waals surface area contributed by atoms with Gasteiger partial charge in [-0.2, -0.15) is 0 Å². The van der Waals surface area contributed by atoms with E-state index in [4.69, 9.17) is 9.47 Å². The Morgan fingerprint density at radius 3 is 2.48 bits per heavy atom. The van der Waals surface area contributed by atoms with Crippen LogP contribution < -0.4 is 24.9 Å². The van der Waals surface area contributed by atoms with Crippen LogP contribution in [0, 0.1) is 6.92 Å². The summed E-state index contributed by atoms with van der Waals surface area (Å²) in [4.78, 5) is 31.5. The van der Waals surface area contributed by atoms with Gasteiger partial charge >= 0.3 is 5.97 Å². The molecule has 3 aromatic rings. The minimum Gasteiger partial charge on any atom is -0.497 e.